The van der Waals surface area contributed by atoms with E-state index in [0.717, 1.165) is 31.6 Å². The molecule has 0 saturated carbocycles. The number of carbonyl (C=O) groups excluding carboxylic acids is 1. The first-order valence-corrected chi connectivity index (χ1v) is 8.74. The number of hydrogen-bond donors (Lipinski definition) is 0. The van der Waals surface area contributed by atoms with E-state index in [1.165, 1.54) is 18.6 Å². The van der Waals surface area contributed by atoms with E-state index in [0.29, 0.717) is 17.1 Å². The molecular weight excluding hydrogens is 252 g/mol. The number of Topliss-reactive ketones (excluding diaryl/α,β-unsaturated/α-hetero) is 1. The molecule has 2 aliphatic heterocycles. The number of ketones is 1. The van der Waals surface area contributed by atoms with E-state index < -0.39 is 0 Å². The van der Waals surface area contributed by atoms with E-state index in [-0.39, 0.29) is 5.25 Å². The van der Waals surface area contributed by atoms with Crippen LogP contribution in [0.25, 0.3) is 0 Å². The van der Waals surface area contributed by atoms with Crippen molar-refractivity contribution in [3.05, 3.63) is 0 Å². The minimum absolute atomic E-state index is 0.248. The zero-order valence-electron chi connectivity index (χ0n) is 10.5. The third-order valence-electron chi connectivity index (χ3n) is 3.48. The van der Waals surface area contributed by atoms with Gasteiger partial charge in [0.15, 0.2) is 0 Å². The van der Waals surface area contributed by atoms with Gasteiger partial charge in [0.1, 0.15) is 5.78 Å². The molecule has 17 heavy (non-hydrogen) atoms. The number of rotatable bonds is 5. The first kappa shape index (κ1) is 13.8. The predicted molar refractivity (Wildman–Crippen MR) is 76.0 cm³/mol. The average Bonchev–Trinajstić information content (AvgIpc) is 2.82. The standard InChI is InChI=1S/C13H22O2S2/c1-10-13(17-9-8-16-10)12(14)6-2-4-11-5-3-7-15-11/h10-11,13H,2-9H2,1H3. The molecule has 2 nitrogen and oxygen atoms in total. The van der Waals surface area contributed by atoms with Gasteiger partial charge in [-0.3, -0.25) is 4.79 Å². The monoisotopic (exact) mass is 274 g/mol. The third kappa shape index (κ3) is 4.18. The van der Waals surface area contributed by atoms with E-state index in [2.05, 4.69) is 6.92 Å². The summed E-state index contributed by atoms with van der Waals surface area (Å²) in [6, 6.07) is 0. The number of carbonyl (C=O) groups is 1. The summed E-state index contributed by atoms with van der Waals surface area (Å²) in [5.74, 6) is 2.80. The molecule has 0 N–H and O–H groups in total. The maximum absolute atomic E-state index is 12.1. The zero-order chi connectivity index (χ0) is 12.1. The fourth-order valence-corrected chi connectivity index (χ4v) is 5.27. The summed E-state index contributed by atoms with van der Waals surface area (Å²) >= 11 is 3.81. The zero-order valence-corrected chi connectivity index (χ0v) is 12.2. The van der Waals surface area contributed by atoms with Crippen molar-refractivity contribution < 1.29 is 9.53 Å². The van der Waals surface area contributed by atoms with Crippen LogP contribution >= 0.6 is 23.5 Å². The molecule has 0 aliphatic carbocycles. The van der Waals surface area contributed by atoms with Gasteiger partial charge in [-0.15, -0.1) is 11.8 Å². The Bertz CT molecular complexity index is 252. The van der Waals surface area contributed by atoms with E-state index in [1.807, 2.05) is 23.5 Å². The van der Waals surface area contributed by atoms with Crippen molar-refractivity contribution in [3.8, 4) is 0 Å². The lowest BCUT2D eigenvalue weighted by molar-refractivity contribution is -0.118. The lowest BCUT2D eigenvalue weighted by Gasteiger charge is -2.26. The summed E-state index contributed by atoms with van der Waals surface area (Å²) in [7, 11) is 0. The first-order valence-electron chi connectivity index (χ1n) is 6.65. The Balaban J connectivity index is 1.65. The van der Waals surface area contributed by atoms with Gasteiger partial charge >= 0.3 is 0 Å². The van der Waals surface area contributed by atoms with E-state index in [1.54, 1.807) is 0 Å². The topological polar surface area (TPSA) is 26.3 Å². The van der Waals surface area contributed by atoms with Gasteiger partial charge < -0.3 is 4.74 Å². The van der Waals surface area contributed by atoms with Crippen LogP contribution in [0.15, 0.2) is 0 Å². The fraction of sp³-hybridized carbons (Fsp3) is 0.923. The van der Waals surface area contributed by atoms with Crippen molar-refractivity contribution in [3.63, 3.8) is 0 Å². The van der Waals surface area contributed by atoms with Crippen LogP contribution in [-0.2, 0) is 9.53 Å². The van der Waals surface area contributed by atoms with Crippen LogP contribution in [0.2, 0.25) is 0 Å². The fourth-order valence-electron chi connectivity index (χ4n) is 2.50. The molecule has 2 saturated heterocycles. The van der Waals surface area contributed by atoms with Gasteiger partial charge in [-0.25, -0.2) is 0 Å². The number of hydrogen-bond acceptors (Lipinski definition) is 4. The number of ether oxygens (including phenoxy) is 1. The van der Waals surface area contributed by atoms with Gasteiger partial charge in [0.2, 0.25) is 0 Å². The summed E-state index contributed by atoms with van der Waals surface area (Å²) in [5.41, 5.74) is 0. The molecule has 2 fully saturated rings. The average molecular weight is 274 g/mol. The Hall–Kier alpha value is 0.330. The Morgan fingerprint density at radius 3 is 2.88 bits per heavy atom. The number of thioether (sulfide) groups is 2. The minimum Gasteiger partial charge on any atom is -0.378 e. The van der Waals surface area contributed by atoms with Gasteiger partial charge in [0.05, 0.1) is 11.4 Å². The van der Waals surface area contributed by atoms with Crippen molar-refractivity contribution in [2.24, 2.45) is 0 Å². The van der Waals surface area contributed by atoms with Crippen LogP contribution in [-0.4, -0.2) is 40.5 Å². The minimum atomic E-state index is 0.248. The molecule has 2 heterocycles. The summed E-state index contributed by atoms with van der Waals surface area (Å²) in [4.78, 5) is 12.1. The molecule has 0 aromatic carbocycles. The molecule has 3 unspecified atom stereocenters. The van der Waals surface area contributed by atoms with Gasteiger partial charge in [-0.1, -0.05) is 6.92 Å². The van der Waals surface area contributed by atoms with E-state index in [9.17, 15) is 4.79 Å². The smallest absolute Gasteiger partial charge is 0.146 e. The molecule has 0 amide bonds. The Morgan fingerprint density at radius 2 is 2.18 bits per heavy atom. The molecule has 0 spiro atoms. The highest BCUT2D eigenvalue weighted by molar-refractivity contribution is 8.07. The Kier molecular flexibility index (Phi) is 5.70. The molecule has 0 radical (unpaired) electrons. The summed E-state index contributed by atoms with van der Waals surface area (Å²) in [5, 5.41) is 0.752. The highest BCUT2D eigenvalue weighted by Gasteiger charge is 2.28. The van der Waals surface area contributed by atoms with Crippen LogP contribution in [0.3, 0.4) is 0 Å². The van der Waals surface area contributed by atoms with Crippen LogP contribution in [0.5, 0.6) is 0 Å². The van der Waals surface area contributed by atoms with Crippen molar-refractivity contribution >= 4 is 29.3 Å². The molecule has 0 aromatic heterocycles. The van der Waals surface area contributed by atoms with Crippen molar-refractivity contribution in [1.29, 1.82) is 0 Å². The molecular formula is C13H22O2S2. The second kappa shape index (κ2) is 7.05. The summed E-state index contributed by atoms with van der Waals surface area (Å²) in [6.45, 7) is 3.12. The van der Waals surface area contributed by atoms with Crippen LogP contribution in [0.4, 0.5) is 0 Å². The Labute approximate surface area is 113 Å². The summed E-state index contributed by atoms with van der Waals surface area (Å²) in [6.07, 6.45) is 5.67. The summed E-state index contributed by atoms with van der Waals surface area (Å²) < 4.78 is 5.58. The van der Waals surface area contributed by atoms with Gasteiger partial charge in [-0.2, -0.15) is 11.8 Å². The van der Waals surface area contributed by atoms with Gasteiger partial charge in [-0.05, 0) is 25.7 Å². The van der Waals surface area contributed by atoms with Crippen LogP contribution in [0.1, 0.15) is 39.0 Å². The molecule has 2 rings (SSSR count). The van der Waals surface area contributed by atoms with Crippen LogP contribution < -0.4 is 0 Å². The van der Waals surface area contributed by atoms with Crippen molar-refractivity contribution in [2.75, 3.05) is 18.1 Å². The molecule has 3 atom stereocenters. The van der Waals surface area contributed by atoms with Crippen molar-refractivity contribution in [1.82, 2.24) is 0 Å². The predicted octanol–water partition coefficient (Wildman–Crippen LogP) is 3.14. The quantitative estimate of drug-likeness (QED) is 0.769. The van der Waals surface area contributed by atoms with Gasteiger partial charge in [0, 0.05) is 29.8 Å². The second-order valence-corrected chi connectivity index (χ2v) is 7.60. The molecule has 2 aliphatic rings. The Morgan fingerprint density at radius 1 is 1.35 bits per heavy atom. The maximum atomic E-state index is 12.1. The third-order valence-corrected chi connectivity index (χ3v) is 6.62. The molecule has 0 aromatic rings. The van der Waals surface area contributed by atoms with E-state index >= 15 is 0 Å². The van der Waals surface area contributed by atoms with Crippen molar-refractivity contribution in [2.45, 2.75) is 55.6 Å². The molecule has 98 valence electrons. The lowest BCUT2D eigenvalue weighted by Crippen LogP contribution is -2.31. The highest BCUT2D eigenvalue weighted by atomic mass is 32.2. The van der Waals surface area contributed by atoms with Crippen LogP contribution in [0, 0.1) is 0 Å². The normalized spacial score (nSPS) is 33.8. The van der Waals surface area contributed by atoms with E-state index in [4.69, 9.17) is 4.74 Å². The molecule has 0 bridgehead atoms. The maximum Gasteiger partial charge on any atom is 0.146 e. The highest BCUT2D eigenvalue weighted by Crippen LogP contribution is 2.32. The second-order valence-electron chi connectivity index (χ2n) is 4.86. The molecule has 4 heteroatoms. The van der Waals surface area contributed by atoms with Gasteiger partial charge in [0.25, 0.3) is 0 Å². The SMILES string of the molecule is CC1SCCSC1C(=O)CCCC1CCCO1. The first-order chi connectivity index (χ1) is 8.27. The lowest BCUT2D eigenvalue weighted by atomic mass is 10.0. The largest absolute Gasteiger partial charge is 0.378 e.